The molecule has 36 heavy (non-hydrogen) atoms. The summed E-state index contributed by atoms with van der Waals surface area (Å²) < 4.78 is 41.5. The van der Waals surface area contributed by atoms with Gasteiger partial charge in [0.1, 0.15) is 0 Å². The Hall–Kier alpha value is -3.57. The Kier molecular flexibility index (Phi) is 9.71. The van der Waals surface area contributed by atoms with Crippen molar-refractivity contribution < 1.29 is 36.5 Å². The minimum Gasteiger partial charge on any atom is -0.467 e. The van der Waals surface area contributed by atoms with Crippen LogP contribution < -0.4 is 5.48 Å². The number of nitrogens with one attached hydrogen (secondary N) is 1. The van der Waals surface area contributed by atoms with E-state index in [-0.39, 0.29) is 18.1 Å². The Morgan fingerprint density at radius 3 is 1.92 bits per heavy atom. The molecule has 1 amide bonds. The van der Waals surface area contributed by atoms with Crippen molar-refractivity contribution in [1.29, 1.82) is 0 Å². The molecule has 0 unspecified atom stereocenters. The van der Waals surface area contributed by atoms with Gasteiger partial charge >= 0.3 is 5.97 Å². The minimum absolute atomic E-state index is 0.0311. The molecule has 1 N–H and O–H groups in total. The molecule has 190 valence electrons. The van der Waals surface area contributed by atoms with E-state index < -0.39 is 34.2 Å². The number of hydrogen-bond acceptors (Lipinski definition) is 8. The molecule has 2 atom stereocenters. The third kappa shape index (κ3) is 7.72. The van der Waals surface area contributed by atoms with Gasteiger partial charge in [0, 0.05) is 0 Å². The predicted molar refractivity (Wildman–Crippen MR) is 130 cm³/mol. The average molecular weight is 514 g/mol. The van der Waals surface area contributed by atoms with E-state index in [1.807, 2.05) is 18.2 Å². The van der Waals surface area contributed by atoms with Crippen LogP contribution in [0, 0.1) is 6.92 Å². The molecule has 10 heteroatoms. The second-order valence-corrected chi connectivity index (χ2v) is 9.34. The number of rotatable bonds is 12. The fourth-order valence-corrected chi connectivity index (χ4v) is 4.14. The van der Waals surface area contributed by atoms with E-state index in [0.717, 1.165) is 18.2 Å². The number of amides is 1. The quantitative estimate of drug-likeness (QED) is 0.223. The Labute approximate surface area is 210 Å². The highest BCUT2D eigenvalue weighted by Gasteiger charge is 2.41. The summed E-state index contributed by atoms with van der Waals surface area (Å²) in [4.78, 5) is 30.7. The second kappa shape index (κ2) is 12.9. The van der Waals surface area contributed by atoms with E-state index in [4.69, 9.17) is 18.5 Å². The van der Waals surface area contributed by atoms with Gasteiger partial charge in [-0.1, -0.05) is 78.4 Å². The molecule has 9 nitrogen and oxygen atoms in total. The minimum atomic E-state index is -4.46. The maximum atomic E-state index is 13.0. The topological polar surface area (TPSA) is 117 Å². The van der Waals surface area contributed by atoms with Crippen molar-refractivity contribution in [3.63, 3.8) is 0 Å². The Morgan fingerprint density at radius 2 is 1.36 bits per heavy atom. The van der Waals surface area contributed by atoms with E-state index in [1.165, 1.54) is 12.1 Å². The zero-order valence-electron chi connectivity index (χ0n) is 19.8. The van der Waals surface area contributed by atoms with Gasteiger partial charge in [-0.3, -0.25) is 9.63 Å². The molecule has 0 aliphatic carbocycles. The fraction of sp³-hybridized carbons (Fsp3) is 0.231. The van der Waals surface area contributed by atoms with Crippen LogP contribution in [0.5, 0.6) is 0 Å². The Balaban J connectivity index is 1.83. The summed E-state index contributed by atoms with van der Waals surface area (Å²) in [5.74, 6) is -2.03. The number of carbonyl (C=O) groups is 2. The number of esters is 1. The molecule has 0 aliphatic heterocycles. The SMILES string of the molecule is COC(=O)[C@H](OS(=O)(=O)c1ccc(C)cc1)[C@@H](OCc1ccccc1)C(=O)NOCc1ccccc1. The first kappa shape index (κ1) is 27.0. The summed E-state index contributed by atoms with van der Waals surface area (Å²) >= 11 is 0. The highest BCUT2D eigenvalue weighted by Crippen LogP contribution is 2.20. The molecule has 0 spiro atoms. The zero-order chi connectivity index (χ0) is 26.0. The van der Waals surface area contributed by atoms with Gasteiger partial charge in [-0.25, -0.2) is 14.5 Å². The van der Waals surface area contributed by atoms with Gasteiger partial charge in [0.15, 0.2) is 6.10 Å². The monoisotopic (exact) mass is 513 g/mol. The molecule has 3 rings (SSSR count). The van der Waals surface area contributed by atoms with E-state index in [9.17, 15) is 18.0 Å². The number of benzene rings is 3. The van der Waals surface area contributed by atoms with Crippen LogP contribution in [0.1, 0.15) is 16.7 Å². The van der Waals surface area contributed by atoms with E-state index in [1.54, 1.807) is 61.5 Å². The number of hydrogen-bond donors (Lipinski definition) is 1. The van der Waals surface area contributed by atoms with Gasteiger partial charge < -0.3 is 9.47 Å². The lowest BCUT2D eigenvalue weighted by Gasteiger charge is -2.24. The van der Waals surface area contributed by atoms with E-state index in [0.29, 0.717) is 5.56 Å². The van der Waals surface area contributed by atoms with Crippen LogP contribution in [0.2, 0.25) is 0 Å². The number of aryl methyl sites for hydroxylation is 1. The van der Waals surface area contributed by atoms with Crippen LogP contribution in [0.4, 0.5) is 0 Å². The highest BCUT2D eigenvalue weighted by atomic mass is 32.2. The van der Waals surface area contributed by atoms with E-state index >= 15 is 0 Å². The molecule has 0 aliphatic rings. The first-order valence-corrected chi connectivity index (χ1v) is 12.4. The molecular formula is C26H27NO8S. The molecule has 3 aromatic rings. The van der Waals surface area contributed by atoms with Gasteiger partial charge in [0.2, 0.25) is 6.10 Å². The summed E-state index contributed by atoms with van der Waals surface area (Å²) in [6.45, 7) is 1.71. The molecule has 0 radical (unpaired) electrons. The lowest BCUT2D eigenvalue weighted by atomic mass is 10.2. The number of hydroxylamine groups is 1. The van der Waals surface area contributed by atoms with Gasteiger partial charge in [0.05, 0.1) is 25.2 Å². The standard InChI is InChI=1S/C26H27NO8S/c1-19-13-15-22(16-14-19)36(30,31)35-24(26(29)32-2)23(33-17-20-9-5-3-6-10-20)25(28)27-34-18-21-11-7-4-8-12-21/h3-16,23-24H,17-18H2,1-2H3,(H,27,28)/t23-,24-/m1/s1. The normalized spacial score (nSPS) is 12.9. The lowest BCUT2D eigenvalue weighted by Crippen LogP contribution is -2.49. The van der Waals surface area contributed by atoms with Crippen LogP contribution in [0.25, 0.3) is 0 Å². The molecule has 0 saturated carbocycles. The van der Waals surface area contributed by atoms with Gasteiger partial charge in [-0.15, -0.1) is 0 Å². The van der Waals surface area contributed by atoms with Gasteiger partial charge in [-0.05, 0) is 30.2 Å². The highest BCUT2D eigenvalue weighted by molar-refractivity contribution is 7.86. The predicted octanol–water partition coefficient (Wildman–Crippen LogP) is 3.08. The molecule has 3 aromatic carbocycles. The van der Waals surface area contributed by atoms with Crippen molar-refractivity contribution in [2.75, 3.05) is 7.11 Å². The number of carbonyl (C=O) groups excluding carboxylic acids is 2. The summed E-state index contributed by atoms with van der Waals surface area (Å²) in [7, 11) is -3.41. The largest absolute Gasteiger partial charge is 0.467 e. The first-order valence-electron chi connectivity index (χ1n) is 11.0. The molecule has 0 aromatic heterocycles. The summed E-state index contributed by atoms with van der Waals surface area (Å²) in [5.41, 5.74) is 4.51. The van der Waals surface area contributed by atoms with Crippen LogP contribution in [0.3, 0.4) is 0 Å². The van der Waals surface area contributed by atoms with Crippen molar-refractivity contribution in [2.45, 2.75) is 37.2 Å². The van der Waals surface area contributed by atoms with E-state index in [2.05, 4.69) is 5.48 Å². The molecule has 0 bridgehead atoms. The maximum Gasteiger partial charge on any atom is 0.339 e. The maximum absolute atomic E-state index is 13.0. The Morgan fingerprint density at radius 1 is 0.806 bits per heavy atom. The van der Waals surface area contributed by atoms with Crippen molar-refractivity contribution in [1.82, 2.24) is 5.48 Å². The fourth-order valence-electron chi connectivity index (χ4n) is 3.11. The average Bonchev–Trinajstić information content (AvgIpc) is 2.89. The van der Waals surface area contributed by atoms with Gasteiger partial charge in [0.25, 0.3) is 16.0 Å². The van der Waals surface area contributed by atoms with Crippen molar-refractivity contribution in [2.24, 2.45) is 0 Å². The number of ether oxygens (including phenoxy) is 2. The second-order valence-electron chi connectivity index (χ2n) is 7.76. The first-order chi connectivity index (χ1) is 17.3. The smallest absolute Gasteiger partial charge is 0.339 e. The summed E-state index contributed by atoms with van der Waals surface area (Å²) in [5, 5.41) is 0. The van der Waals surface area contributed by atoms with Crippen molar-refractivity contribution in [3.05, 3.63) is 102 Å². The number of methoxy groups -OCH3 is 1. The third-order valence-corrected chi connectivity index (χ3v) is 6.34. The van der Waals surface area contributed by atoms with Crippen molar-refractivity contribution in [3.8, 4) is 0 Å². The summed E-state index contributed by atoms with van der Waals surface area (Å²) in [6, 6.07) is 23.7. The van der Waals surface area contributed by atoms with Crippen LogP contribution >= 0.6 is 0 Å². The van der Waals surface area contributed by atoms with Crippen molar-refractivity contribution >= 4 is 22.0 Å². The molecule has 0 saturated heterocycles. The van der Waals surface area contributed by atoms with Crippen LogP contribution in [-0.4, -0.2) is 39.6 Å². The third-order valence-electron chi connectivity index (χ3n) is 5.03. The summed E-state index contributed by atoms with van der Waals surface area (Å²) in [6.07, 6.45) is -3.65. The van der Waals surface area contributed by atoms with Crippen LogP contribution in [-0.2, 0) is 51.4 Å². The Bertz CT molecular complexity index is 1230. The zero-order valence-corrected chi connectivity index (χ0v) is 20.6. The van der Waals surface area contributed by atoms with Gasteiger partial charge in [-0.2, -0.15) is 8.42 Å². The van der Waals surface area contributed by atoms with Crippen LogP contribution in [0.15, 0.2) is 89.8 Å². The molecular weight excluding hydrogens is 486 g/mol. The molecule has 0 fully saturated rings. The molecule has 0 heterocycles. The lowest BCUT2D eigenvalue weighted by molar-refractivity contribution is -0.168.